The highest BCUT2D eigenvalue weighted by Crippen LogP contribution is 2.28. The average molecular weight is 224 g/mol. The fourth-order valence-electron chi connectivity index (χ4n) is 1.30. The van der Waals surface area contributed by atoms with Crippen molar-refractivity contribution in [3.8, 4) is 5.75 Å². The molecule has 80 valence electrons. The van der Waals surface area contributed by atoms with Crippen LogP contribution in [0.2, 0.25) is 0 Å². The van der Waals surface area contributed by atoms with Crippen molar-refractivity contribution in [1.29, 1.82) is 0 Å². The van der Waals surface area contributed by atoms with E-state index in [9.17, 15) is 5.11 Å². The van der Waals surface area contributed by atoms with Gasteiger partial charge < -0.3 is 15.6 Å². The molecule has 0 saturated heterocycles. The number of hydrogen-bond donors (Lipinski definition) is 2. The summed E-state index contributed by atoms with van der Waals surface area (Å²) in [6, 6.07) is 5.65. The first-order valence-corrected chi connectivity index (χ1v) is 5.39. The number of methoxy groups -OCH3 is 1. The standard InChI is InChI=1S/C10H12N2O2S/c1-14-6-2-3-9-7(4-6)12-10(15-9)8(13)5-11/h2-4,8,13H,5,11H2,1H3. The Morgan fingerprint density at radius 1 is 1.60 bits per heavy atom. The molecule has 3 N–H and O–H groups in total. The number of hydrogen-bond acceptors (Lipinski definition) is 5. The molecule has 1 unspecified atom stereocenters. The average Bonchev–Trinajstić information content (AvgIpc) is 2.70. The number of fused-ring (bicyclic) bond motifs is 1. The van der Waals surface area contributed by atoms with E-state index in [1.54, 1.807) is 7.11 Å². The predicted octanol–water partition coefficient (Wildman–Crippen LogP) is 1.30. The van der Waals surface area contributed by atoms with Gasteiger partial charge in [0.1, 0.15) is 16.9 Å². The molecule has 1 atom stereocenters. The highest BCUT2D eigenvalue weighted by molar-refractivity contribution is 7.18. The Kier molecular flexibility index (Phi) is 2.86. The normalized spacial score (nSPS) is 13.0. The van der Waals surface area contributed by atoms with E-state index in [2.05, 4.69) is 4.98 Å². The topological polar surface area (TPSA) is 68.4 Å². The number of aliphatic hydroxyl groups is 1. The van der Waals surface area contributed by atoms with Gasteiger partial charge in [0, 0.05) is 12.6 Å². The number of ether oxygens (including phenoxy) is 1. The van der Waals surface area contributed by atoms with Crippen LogP contribution in [-0.4, -0.2) is 23.7 Å². The summed E-state index contributed by atoms with van der Waals surface area (Å²) in [4.78, 5) is 4.30. The minimum absolute atomic E-state index is 0.191. The second-order valence-electron chi connectivity index (χ2n) is 3.14. The van der Waals surface area contributed by atoms with Crippen molar-refractivity contribution >= 4 is 21.6 Å². The summed E-state index contributed by atoms with van der Waals surface area (Å²) >= 11 is 1.45. The van der Waals surface area contributed by atoms with E-state index in [1.807, 2.05) is 18.2 Å². The van der Waals surface area contributed by atoms with Gasteiger partial charge in [-0.25, -0.2) is 4.98 Å². The van der Waals surface area contributed by atoms with Crippen molar-refractivity contribution in [2.45, 2.75) is 6.10 Å². The number of benzene rings is 1. The van der Waals surface area contributed by atoms with Gasteiger partial charge >= 0.3 is 0 Å². The molecule has 15 heavy (non-hydrogen) atoms. The molecular formula is C10H12N2O2S. The number of nitrogens with zero attached hydrogens (tertiary/aromatic N) is 1. The summed E-state index contributed by atoms with van der Waals surface area (Å²) < 4.78 is 6.12. The van der Waals surface area contributed by atoms with Gasteiger partial charge in [-0.3, -0.25) is 0 Å². The van der Waals surface area contributed by atoms with Crippen LogP contribution in [0.5, 0.6) is 5.75 Å². The molecule has 2 aromatic rings. The molecule has 2 rings (SSSR count). The first kappa shape index (κ1) is 10.4. The zero-order chi connectivity index (χ0) is 10.8. The fraction of sp³-hybridized carbons (Fsp3) is 0.300. The minimum atomic E-state index is -0.673. The van der Waals surface area contributed by atoms with Crippen LogP contribution in [0.25, 0.3) is 10.2 Å². The van der Waals surface area contributed by atoms with Gasteiger partial charge in [0.05, 0.1) is 17.3 Å². The third-order valence-corrected chi connectivity index (χ3v) is 3.26. The third kappa shape index (κ3) is 1.94. The van der Waals surface area contributed by atoms with Crippen molar-refractivity contribution in [1.82, 2.24) is 4.98 Å². The first-order chi connectivity index (χ1) is 7.24. The molecule has 0 aliphatic carbocycles. The molecule has 1 aromatic heterocycles. The number of aliphatic hydroxyl groups excluding tert-OH is 1. The van der Waals surface area contributed by atoms with E-state index in [1.165, 1.54) is 11.3 Å². The van der Waals surface area contributed by atoms with E-state index in [0.717, 1.165) is 16.0 Å². The number of thiazole rings is 1. The maximum Gasteiger partial charge on any atom is 0.124 e. The van der Waals surface area contributed by atoms with Crippen molar-refractivity contribution in [3.63, 3.8) is 0 Å². The highest BCUT2D eigenvalue weighted by Gasteiger charge is 2.11. The Labute approximate surface area is 91.3 Å². The largest absolute Gasteiger partial charge is 0.497 e. The molecular weight excluding hydrogens is 212 g/mol. The lowest BCUT2D eigenvalue weighted by Crippen LogP contribution is -2.10. The van der Waals surface area contributed by atoms with Crippen molar-refractivity contribution in [2.24, 2.45) is 5.73 Å². The Bertz CT molecular complexity index is 469. The summed E-state index contributed by atoms with van der Waals surface area (Å²) in [5.41, 5.74) is 6.21. The summed E-state index contributed by atoms with van der Waals surface area (Å²) in [7, 11) is 1.61. The van der Waals surface area contributed by atoms with Crippen molar-refractivity contribution < 1.29 is 9.84 Å². The molecule has 0 saturated carbocycles. The first-order valence-electron chi connectivity index (χ1n) is 4.57. The summed E-state index contributed by atoms with van der Waals surface area (Å²) in [5.74, 6) is 0.765. The SMILES string of the molecule is COc1ccc2sc(C(O)CN)nc2c1. The molecule has 0 amide bonds. The molecule has 0 radical (unpaired) electrons. The van der Waals surface area contributed by atoms with Crippen LogP contribution in [-0.2, 0) is 0 Å². The molecule has 0 aliphatic heterocycles. The minimum Gasteiger partial charge on any atom is -0.497 e. The summed E-state index contributed by atoms with van der Waals surface area (Å²) in [6.45, 7) is 0.191. The molecule has 1 heterocycles. The van der Waals surface area contributed by atoms with Crippen LogP contribution in [0.4, 0.5) is 0 Å². The molecule has 1 aromatic carbocycles. The van der Waals surface area contributed by atoms with Gasteiger partial charge in [-0.05, 0) is 12.1 Å². The maximum absolute atomic E-state index is 9.55. The lowest BCUT2D eigenvalue weighted by molar-refractivity contribution is 0.186. The number of nitrogens with two attached hydrogens (primary N) is 1. The van der Waals surface area contributed by atoms with Crippen LogP contribution in [0.3, 0.4) is 0 Å². The number of rotatable bonds is 3. The van der Waals surface area contributed by atoms with Gasteiger partial charge in [-0.1, -0.05) is 0 Å². The van der Waals surface area contributed by atoms with Crippen LogP contribution in [0.15, 0.2) is 18.2 Å². The Balaban J connectivity index is 2.46. The molecule has 4 nitrogen and oxygen atoms in total. The molecule has 0 fully saturated rings. The van der Waals surface area contributed by atoms with Crippen molar-refractivity contribution in [3.05, 3.63) is 23.2 Å². The van der Waals surface area contributed by atoms with Crippen LogP contribution < -0.4 is 10.5 Å². The van der Waals surface area contributed by atoms with Gasteiger partial charge in [0.15, 0.2) is 0 Å². The van der Waals surface area contributed by atoms with Gasteiger partial charge in [-0.2, -0.15) is 0 Å². The molecule has 0 spiro atoms. The second-order valence-corrected chi connectivity index (χ2v) is 4.20. The lowest BCUT2D eigenvalue weighted by atomic mass is 10.3. The predicted molar refractivity (Wildman–Crippen MR) is 60.2 cm³/mol. The summed E-state index contributed by atoms with van der Waals surface area (Å²) in [5, 5.41) is 10.2. The van der Waals surface area contributed by atoms with Crippen LogP contribution in [0.1, 0.15) is 11.1 Å². The zero-order valence-electron chi connectivity index (χ0n) is 8.30. The molecule has 0 aliphatic rings. The van der Waals surface area contributed by atoms with Crippen LogP contribution in [0, 0.1) is 0 Å². The van der Waals surface area contributed by atoms with E-state index in [-0.39, 0.29) is 6.54 Å². The van der Waals surface area contributed by atoms with Crippen LogP contribution >= 0.6 is 11.3 Å². The van der Waals surface area contributed by atoms with Gasteiger partial charge in [-0.15, -0.1) is 11.3 Å². The Morgan fingerprint density at radius 2 is 2.40 bits per heavy atom. The monoisotopic (exact) mass is 224 g/mol. The third-order valence-electron chi connectivity index (χ3n) is 2.12. The fourth-order valence-corrected chi connectivity index (χ4v) is 2.24. The molecule has 5 heteroatoms. The lowest BCUT2D eigenvalue weighted by Gasteiger charge is -2.00. The van der Waals surface area contributed by atoms with Gasteiger partial charge in [0.2, 0.25) is 0 Å². The van der Waals surface area contributed by atoms with Gasteiger partial charge in [0.25, 0.3) is 0 Å². The van der Waals surface area contributed by atoms with E-state index in [0.29, 0.717) is 5.01 Å². The van der Waals surface area contributed by atoms with E-state index < -0.39 is 6.10 Å². The Hall–Kier alpha value is -1.17. The van der Waals surface area contributed by atoms with Crippen molar-refractivity contribution in [2.75, 3.05) is 13.7 Å². The Morgan fingerprint density at radius 3 is 3.07 bits per heavy atom. The quantitative estimate of drug-likeness (QED) is 0.824. The van der Waals surface area contributed by atoms with E-state index in [4.69, 9.17) is 10.5 Å². The van der Waals surface area contributed by atoms with E-state index >= 15 is 0 Å². The highest BCUT2D eigenvalue weighted by atomic mass is 32.1. The zero-order valence-corrected chi connectivity index (χ0v) is 9.12. The maximum atomic E-state index is 9.55. The molecule has 0 bridgehead atoms. The smallest absolute Gasteiger partial charge is 0.124 e. The number of aromatic nitrogens is 1. The second kappa shape index (κ2) is 4.14. The summed E-state index contributed by atoms with van der Waals surface area (Å²) in [6.07, 6.45) is -0.673.